The van der Waals surface area contributed by atoms with Gasteiger partial charge in [0.05, 0.1) is 27.4 Å². The van der Waals surface area contributed by atoms with Crippen molar-refractivity contribution < 1.29 is 24.4 Å². The molecule has 0 aliphatic carbocycles. The summed E-state index contributed by atoms with van der Waals surface area (Å²) in [5, 5.41) is 30.3. The summed E-state index contributed by atoms with van der Waals surface area (Å²) in [4.78, 5) is 13.4. The zero-order valence-electron chi connectivity index (χ0n) is 24.6. The lowest BCUT2D eigenvalue weighted by molar-refractivity contribution is -0.0317. The van der Waals surface area contributed by atoms with Crippen molar-refractivity contribution in [1.29, 1.82) is 0 Å². The molecule has 0 fully saturated rings. The minimum atomic E-state index is -1.03. The molecule has 3 aromatic heterocycles. The second kappa shape index (κ2) is 14.3. The molecule has 1 unspecified atom stereocenters. The molecule has 0 saturated carbocycles. The molecule has 0 spiro atoms. The summed E-state index contributed by atoms with van der Waals surface area (Å²) in [6, 6.07) is 7.53. The minimum Gasteiger partial charge on any atom is -0.494 e. The average Bonchev–Trinajstić information content (AvgIpc) is 3.42. The van der Waals surface area contributed by atoms with Crippen LogP contribution in [0.15, 0.2) is 49.1 Å². The molecule has 13 heteroatoms. The van der Waals surface area contributed by atoms with Gasteiger partial charge in [0.2, 0.25) is 5.95 Å². The Kier molecular flexibility index (Phi) is 10.6. The van der Waals surface area contributed by atoms with Gasteiger partial charge >= 0.3 is 0 Å². The molecule has 1 aromatic carbocycles. The third-order valence-corrected chi connectivity index (χ3v) is 8.42. The van der Waals surface area contributed by atoms with Crippen molar-refractivity contribution in [2.75, 3.05) is 32.2 Å². The second-order valence-electron chi connectivity index (χ2n) is 9.57. The lowest BCUT2D eigenvalue weighted by Crippen LogP contribution is -2.27. The third kappa shape index (κ3) is 6.93. The fourth-order valence-corrected chi connectivity index (χ4v) is 5.86. The van der Waals surface area contributed by atoms with Gasteiger partial charge < -0.3 is 29.1 Å². The Balaban J connectivity index is 1.80. The highest BCUT2D eigenvalue weighted by atomic mass is 32.2. The maximum atomic E-state index is 10.0. The van der Waals surface area contributed by atoms with Crippen molar-refractivity contribution in [2.45, 2.75) is 45.2 Å². The van der Waals surface area contributed by atoms with Crippen LogP contribution in [0.5, 0.6) is 11.5 Å². The first-order chi connectivity index (χ1) is 20.3. The van der Waals surface area contributed by atoms with E-state index in [0.717, 1.165) is 16.7 Å². The first-order valence-electron chi connectivity index (χ1n) is 13.4. The lowest BCUT2D eigenvalue weighted by atomic mass is 10.2. The van der Waals surface area contributed by atoms with Crippen LogP contribution < -0.4 is 14.2 Å². The molecule has 3 heterocycles. The molecule has 4 atom stereocenters. The summed E-state index contributed by atoms with van der Waals surface area (Å²) in [5.74, 6) is 2.60. The maximum absolute atomic E-state index is 10.0. The largest absolute Gasteiger partial charge is 0.494 e. The fraction of sp³-hybridized carbons (Fsp3) is 0.379. The maximum Gasteiger partial charge on any atom is 0.239 e. The van der Waals surface area contributed by atoms with Crippen LogP contribution in [-0.2, 0) is 4.74 Å². The third-order valence-electron chi connectivity index (χ3n) is 6.45. The Morgan fingerprint density at radius 1 is 1.02 bits per heavy atom. The topological polar surface area (TPSA) is 150 Å². The standard InChI is InChI=1S/C29H37N7O5S/c1-7-42(20(4)26(41-17-22(38)16-37)27-31-13-19(3)14-32-27)35-29-34-33-28(21-11-18(2)12-30-15-21)36(29)25-23(39-5)9-8-10-24(25)40-6/h7-15,20,22,26,37-38H,16-17H2,1-6H3,(H,34,35)/t20-,22-,26+,42?/m1/s1. The van der Waals surface area contributed by atoms with Crippen molar-refractivity contribution in [3.63, 3.8) is 0 Å². The van der Waals surface area contributed by atoms with Gasteiger partial charge in [-0.2, -0.15) is 0 Å². The van der Waals surface area contributed by atoms with Gasteiger partial charge in [0.25, 0.3) is 0 Å². The molecule has 0 aliphatic heterocycles. The van der Waals surface area contributed by atoms with E-state index in [1.807, 2.05) is 61.9 Å². The Hall–Kier alpha value is -3.91. The van der Waals surface area contributed by atoms with Crippen molar-refractivity contribution in [2.24, 2.45) is 0 Å². The normalized spacial score (nSPS) is 14.3. The monoisotopic (exact) mass is 595 g/mol. The molecule has 0 radical (unpaired) electrons. The van der Waals surface area contributed by atoms with Crippen molar-refractivity contribution in [1.82, 2.24) is 29.7 Å². The fourth-order valence-electron chi connectivity index (χ4n) is 4.32. The zero-order chi connectivity index (χ0) is 30.2. The number of nitrogens with one attached hydrogen (secondary N) is 1. The zero-order valence-corrected chi connectivity index (χ0v) is 25.4. The number of hydrogen-bond acceptors (Lipinski definition) is 11. The predicted molar refractivity (Wildman–Crippen MR) is 163 cm³/mol. The molecule has 0 saturated heterocycles. The highest BCUT2D eigenvalue weighted by Crippen LogP contribution is 2.40. The van der Waals surface area contributed by atoms with Crippen LogP contribution in [0.3, 0.4) is 0 Å². The molecule has 0 aliphatic rings. The number of hydrogen-bond donors (Lipinski definition) is 3. The highest BCUT2D eigenvalue weighted by molar-refractivity contribution is 8.16. The molecule has 3 N–H and O–H groups in total. The van der Waals surface area contributed by atoms with Crippen LogP contribution in [0.2, 0.25) is 0 Å². The SMILES string of the molecule is C/C=S(\Nc1nnc(-c2cncc(C)c2)n1-c1c(OC)cccc1OC)[C@H](C)[C@H](OC[C@H](O)CO)c1ncc(C)cn1. The molecule has 42 heavy (non-hydrogen) atoms. The number of nitrogens with zero attached hydrogens (tertiary/aromatic N) is 6. The van der Waals surface area contributed by atoms with E-state index in [2.05, 4.69) is 29.9 Å². The molecular formula is C29H37N7O5S. The molecule has 12 nitrogen and oxygen atoms in total. The van der Waals surface area contributed by atoms with Gasteiger partial charge in [0.15, 0.2) is 11.6 Å². The van der Waals surface area contributed by atoms with Gasteiger partial charge in [-0.15, -0.1) is 10.2 Å². The van der Waals surface area contributed by atoms with Crippen LogP contribution in [0.4, 0.5) is 5.95 Å². The van der Waals surface area contributed by atoms with Crippen LogP contribution in [-0.4, -0.2) is 84.1 Å². The van der Waals surface area contributed by atoms with Crippen molar-refractivity contribution in [3.05, 3.63) is 66.0 Å². The highest BCUT2D eigenvalue weighted by Gasteiger charge is 2.29. The molecule has 224 valence electrons. The van der Waals surface area contributed by atoms with E-state index in [1.165, 1.54) is 0 Å². The molecule has 0 bridgehead atoms. The smallest absolute Gasteiger partial charge is 0.239 e. The minimum absolute atomic E-state index is 0.0806. The quantitative estimate of drug-likeness (QED) is 0.194. The molecule has 4 rings (SSSR count). The Bertz CT molecular complexity index is 1490. The molecule has 0 amide bonds. The van der Waals surface area contributed by atoms with Crippen molar-refractivity contribution in [3.8, 4) is 28.6 Å². The van der Waals surface area contributed by atoms with Gasteiger partial charge in [0, 0.05) is 35.6 Å². The predicted octanol–water partition coefficient (Wildman–Crippen LogP) is 3.67. The number of rotatable bonds is 13. The van der Waals surface area contributed by atoms with E-state index in [1.54, 1.807) is 39.0 Å². The number of para-hydroxylation sites is 1. The number of aromatic nitrogens is 6. The van der Waals surface area contributed by atoms with Gasteiger partial charge in [0.1, 0.15) is 29.4 Å². The summed E-state index contributed by atoms with van der Waals surface area (Å²) in [7, 11) is 2.52. The van der Waals surface area contributed by atoms with Crippen LogP contribution in [0, 0.1) is 13.8 Å². The van der Waals surface area contributed by atoms with Gasteiger partial charge in [-0.1, -0.05) is 16.7 Å². The summed E-state index contributed by atoms with van der Waals surface area (Å²) in [5.41, 5.74) is 3.28. The van der Waals surface area contributed by atoms with E-state index in [9.17, 15) is 10.2 Å². The van der Waals surface area contributed by atoms with E-state index in [4.69, 9.17) is 14.2 Å². The second-order valence-corrected chi connectivity index (χ2v) is 11.7. The number of aryl methyl sites for hydroxylation is 2. The Morgan fingerprint density at radius 3 is 2.31 bits per heavy atom. The Labute approximate surface area is 247 Å². The summed E-state index contributed by atoms with van der Waals surface area (Å²) in [6.07, 6.45) is 5.33. The lowest BCUT2D eigenvalue weighted by Gasteiger charge is -2.28. The van der Waals surface area contributed by atoms with Crippen LogP contribution in [0.1, 0.15) is 36.9 Å². The molecular weight excluding hydrogens is 558 g/mol. The number of benzene rings is 1. The van der Waals surface area contributed by atoms with E-state index >= 15 is 0 Å². The number of aliphatic hydroxyl groups excluding tert-OH is 2. The number of methoxy groups -OCH3 is 2. The first-order valence-corrected chi connectivity index (χ1v) is 14.7. The Morgan fingerprint density at radius 2 is 1.71 bits per heavy atom. The van der Waals surface area contributed by atoms with E-state index < -0.39 is 29.5 Å². The average molecular weight is 596 g/mol. The molecule has 4 aromatic rings. The van der Waals surface area contributed by atoms with Gasteiger partial charge in [-0.3, -0.25) is 9.55 Å². The van der Waals surface area contributed by atoms with E-state index in [-0.39, 0.29) is 11.9 Å². The van der Waals surface area contributed by atoms with Gasteiger partial charge in [-0.25, -0.2) is 9.97 Å². The summed E-state index contributed by atoms with van der Waals surface area (Å²) < 4.78 is 23.0. The first kappa shape index (κ1) is 31.0. The summed E-state index contributed by atoms with van der Waals surface area (Å²) in [6.45, 7) is 7.32. The van der Waals surface area contributed by atoms with Gasteiger partial charge in [-0.05, 0) is 62.4 Å². The van der Waals surface area contributed by atoms with Crippen molar-refractivity contribution >= 4 is 22.0 Å². The van der Waals surface area contributed by atoms with E-state index in [0.29, 0.717) is 34.8 Å². The number of pyridine rings is 1. The number of anilines is 1. The van der Waals surface area contributed by atoms with Crippen LogP contribution in [0.25, 0.3) is 17.1 Å². The summed E-state index contributed by atoms with van der Waals surface area (Å²) >= 11 is 0. The van der Waals surface area contributed by atoms with Crippen LogP contribution >= 0.6 is 10.7 Å². The number of aliphatic hydroxyl groups is 2. The number of ether oxygens (including phenoxy) is 3.